The highest BCUT2D eigenvalue weighted by atomic mass is 35.5. The average Bonchev–Trinajstić information content (AvgIpc) is 2.84. The molecule has 3 nitrogen and oxygen atoms in total. The highest BCUT2D eigenvalue weighted by molar-refractivity contribution is 6.34. The van der Waals surface area contributed by atoms with Crippen LogP contribution in [0.4, 0.5) is 5.69 Å². The Labute approximate surface area is 108 Å². The third-order valence-corrected chi connectivity index (χ3v) is 2.92. The summed E-state index contributed by atoms with van der Waals surface area (Å²) in [6.45, 7) is 6.90. The predicted molar refractivity (Wildman–Crippen MR) is 70.7 cm³/mol. The molecule has 0 amide bonds. The van der Waals surface area contributed by atoms with Gasteiger partial charge in [0.05, 0.1) is 11.6 Å². The van der Waals surface area contributed by atoms with Gasteiger partial charge in [-0.05, 0) is 12.1 Å². The van der Waals surface area contributed by atoms with Crippen molar-refractivity contribution in [3.63, 3.8) is 0 Å². The molecule has 0 aliphatic rings. The van der Waals surface area contributed by atoms with Gasteiger partial charge < -0.3 is 4.42 Å². The third kappa shape index (κ3) is 1.73. The van der Waals surface area contributed by atoms with Crippen LogP contribution in [0.15, 0.2) is 46.9 Å². The Bertz CT molecular complexity index is 754. The van der Waals surface area contributed by atoms with E-state index in [0.717, 1.165) is 5.56 Å². The maximum Gasteiger partial charge on any atom is 0.227 e. The molecule has 86 valence electrons. The molecule has 18 heavy (non-hydrogen) atoms. The minimum atomic E-state index is 0.509. The Kier molecular flexibility index (Phi) is 2.51. The first-order valence-corrected chi connectivity index (χ1v) is 5.69. The van der Waals surface area contributed by atoms with Gasteiger partial charge in [0, 0.05) is 5.56 Å². The monoisotopic (exact) mass is 254 g/mol. The summed E-state index contributed by atoms with van der Waals surface area (Å²) in [4.78, 5) is 7.70. The number of benzene rings is 2. The van der Waals surface area contributed by atoms with Gasteiger partial charge in [-0.3, -0.25) is 0 Å². The number of fused-ring (bicyclic) bond motifs is 1. The molecule has 0 unspecified atom stereocenters. The minimum Gasteiger partial charge on any atom is -0.436 e. The molecule has 1 heterocycles. The van der Waals surface area contributed by atoms with Crippen LogP contribution in [0, 0.1) is 6.57 Å². The van der Waals surface area contributed by atoms with Crippen LogP contribution in [0.5, 0.6) is 0 Å². The van der Waals surface area contributed by atoms with E-state index in [4.69, 9.17) is 22.6 Å². The normalized spacial score (nSPS) is 10.4. The first-order valence-electron chi connectivity index (χ1n) is 5.31. The molecule has 3 rings (SSSR count). The summed E-state index contributed by atoms with van der Waals surface area (Å²) in [5.74, 6) is 0.509. The molecule has 0 saturated heterocycles. The standard InChI is InChI=1S/C14H7ClN2O/c1-16-10-7-5-9(6-8-10)14-17-13-11(15)3-2-4-12(13)18-14/h2-8H. The zero-order chi connectivity index (χ0) is 12.5. The van der Waals surface area contributed by atoms with E-state index in [1.165, 1.54) is 0 Å². The van der Waals surface area contributed by atoms with Crippen molar-refractivity contribution in [1.29, 1.82) is 0 Å². The molecule has 1 aromatic heterocycles. The van der Waals surface area contributed by atoms with Crippen LogP contribution in [0.1, 0.15) is 0 Å². The molecule has 0 radical (unpaired) electrons. The summed E-state index contributed by atoms with van der Waals surface area (Å²) in [5.41, 5.74) is 2.73. The van der Waals surface area contributed by atoms with E-state index >= 15 is 0 Å². The smallest absolute Gasteiger partial charge is 0.227 e. The largest absolute Gasteiger partial charge is 0.436 e. The number of hydrogen-bond donors (Lipinski definition) is 0. The van der Waals surface area contributed by atoms with Crippen LogP contribution in [0.3, 0.4) is 0 Å². The van der Waals surface area contributed by atoms with Gasteiger partial charge in [-0.15, -0.1) is 0 Å². The summed E-state index contributed by atoms with van der Waals surface area (Å²) in [7, 11) is 0. The molecule has 0 saturated carbocycles. The number of para-hydroxylation sites is 1. The van der Waals surface area contributed by atoms with Gasteiger partial charge in [0.1, 0.15) is 5.52 Å². The summed E-state index contributed by atoms with van der Waals surface area (Å²) in [6.07, 6.45) is 0. The third-order valence-electron chi connectivity index (χ3n) is 2.61. The lowest BCUT2D eigenvalue weighted by molar-refractivity contribution is 0.620. The summed E-state index contributed by atoms with van der Waals surface area (Å²) >= 11 is 6.04. The van der Waals surface area contributed by atoms with E-state index in [-0.39, 0.29) is 0 Å². The maximum atomic E-state index is 6.90. The van der Waals surface area contributed by atoms with Gasteiger partial charge >= 0.3 is 0 Å². The van der Waals surface area contributed by atoms with Gasteiger partial charge in [-0.25, -0.2) is 9.83 Å². The fourth-order valence-corrected chi connectivity index (χ4v) is 1.93. The molecule has 3 aromatic rings. The Hall–Kier alpha value is -2.31. The van der Waals surface area contributed by atoms with Crippen molar-refractivity contribution in [3.05, 3.63) is 58.9 Å². The molecule has 0 bridgehead atoms. The SMILES string of the molecule is [C-]#[N+]c1ccc(-c2nc3c(Cl)cccc3o2)cc1. The Morgan fingerprint density at radius 1 is 1.11 bits per heavy atom. The summed E-state index contributed by atoms with van der Waals surface area (Å²) < 4.78 is 5.64. The first kappa shape index (κ1) is 10.8. The zero-order valence-electron chi connectivity index (χ0n) is 9.22. The second-order valence-corrected chi connectivity index (χ2v) is 4.17. The highest BCUT2D eigenvalue weighted by Gasteiger charge is 2.10. The van der Waals surface area contributed by atoms with Crippen LogP contribution >= 0.6 is 11.6 Å². The van der Waals surface area contributed by atoms with Crippen molar-refractivity contribution in [2.45, 2.75) is 0 Å². The van der Waals surface area contributed by atoms with Crippen LogP contribution in [0.2, 0.25) is 5.02 Å². The minimum absolute atomic E-state index is 0.509. The van der Waals surface area contributed by atoms with Gasteiger partial charge in [0.2, 0.25) is 5.89 Å². The fourth-order valence-electron chi connectivity index (χ4n) is 1.72. The molecule has 2 aromatic carbocycles. The van der Waals surface area contributed by atoms with Crippen molar-refractivity contribution in [2.24, 2.45) is 0 Å². The number of nitrogens with zero attached hydrogens (tertiary/aromatic N) is 2. The first-order chi connectivity index (χ1) is 8.78. The zero-order valence-corrected chi connectivity index (χ0v) is 9.98. The topological polar surface area (TPSA) is 30.4 Å². The Balaban J connectivity index is 2.14. The van der Waals surface area contributed by atoms with Crippen LogP contribution < -0.4 is 0 Å². The number of oxazole rings is 1. The predicted octanol–water partition coefficient (Wildman–Crippen LogP) is 4.70. The van der Waals surface area contributed by atoms with Crippen molar-refractivity contribution in [3.8, 4) is 11.5 Å². The quantitative estimate of drug-likeness (QED) is 0.589. The van der Waals surface area contributed by atoms with Gasteiger partial charge in [-0.2, -0.15) is 0 Å². The number of aromatic nitrogens is 1. The van der Waals surface area contributed by atoms with Crippen molar-refractivity contribution in [2.75, 3.05) is 0 Å². The molecular weight excluding hydrogens is 248 g/mol. The molecule has 0 atom stereocenters. The second kappa shape index (κ2) is 4.17. The van der Waals surface area contributed by atoms with E-state index in [0.29, 0.717) is 27.7 Å². The molecule has 4 heteroatoms. The van der Waals surface area contributed by atoms with E-state index in [2.05, 4.69) is 9.83 Å². The lowest BCUT2D eigenvalue weighted by Crippen LogP contribution is -1.75. The summed E-state index contributed by atoms with van der Waals surface area (Å²) in [5, 5.41) is 0.570. The van der Waals surface area contributed by atoms with E-state index in [1.807, 2.05) is 24.3 Å². The Morgan fingerprint density at radius 3 is 2.56 bits per heavy atom. The molecule has 0 aliphatic heterocycles. The van der Waals surface area contributed by atoms with Gasteiger partial charge in [-0.1, -0.05) is 41.9 Å². The fraction of sp³-hybridized carbons (Fsp3) is 0. The van der Waals surface area contributed by atoms with Crippen molar-refractivity contribution in [1.82, 2.24) is 4.98 Å². The van der Waals surface area contributed by atoms with Crippen molar-refractivity contribution < 1.29 is 4.42 Å². The van der Waals surface area contributed by atoms with E-state index in [1.54, 1.807) is 18.2 Å². The highest BCUT2D eigenvalue weighted by Crippen LogP contribution is 2.29. The molecule has 0 fully saturated rings. The van der Waals surface area contributed by atoms with E-state index < -0.39 is 0 Å². The Morgan fingerprint density at radius 2 is 1.89 bits per heavy atom. The number of halogens is 1. The number of rotatable bonds is 1. The number of hydrogen-bond acceptors (Lipinski definition) is 2. The van der Waals surface area contributed by atoms with Crippen molar-refractivity contribution >= 4 is 28.4 Å². The van der Waals surface area contributed by atoms with Gasteiger partial charge in [0.25, 0.3) is 0 Å². The van der Waals surface area contributed by atoms with Crippen LogP contribution in [-0.2, 0) is 0 Å². The average molecular weight is 255 g/mol. The van der Waals surface area contributed by atoms with Crippen LogP contribution in [0.25, 0.3) is 27.4 Å². The lowest BCUT2D eigenvalue weighted by atomic mass is 10.2. The molecule has 0 aliphatic carbocycles. The molecular formula is C14H7ClN2O. The maximum absolute atomic E-state index is 6.90. The molecule has 0 N–H and O–H groups in total. The second-order valence-electron chi connectivity index (χ2n) is 3.76. The molecule has 0 spiro atoms. The van der Waals surface area contributed by atoms with Gasteiger partial charge in [0.15, 0.2) is 11.3 Å². The van der Waals surface area contributed by atoms with E-state index in [9.17, 15) is 0 Å². The lowest BCUT2D eigenvalue weighted by Gasteiger charge is -1.94. The van der Waals surface area contributed by atoms with Crippen LogP contribution in [-0.4, -0.2) is 4.98 Å². The summed E-state index contributed by atoms with van der Waals surface area (Å²) in [6, 6.07) is 12.5.